The summed E-state index contributed by atoms with van der Waals surface area (Å²) in [7, 11) is 2.86. The van der Waals surface area contributed by atoms with Crippen LogP contribution in [0, 0.1) is 0 Å². The number of thiazole rings is 1. The Balaban J connectivity index is 1.68. The van der Waals surface area contributed by atoms with E-state index in [1.54, 1.807) is 38.3 Å². The lowest BCUT2D eigenvalue weighted by atomic mass is 9.95. The summed E-state index contributed by atoms with van der Waals surface area (Å²) in [6, 6.07) is 10.1. The van der Waals surface area contributed by atoms with Crippen LogP contribution in [0.15, 0.2) is 57.5 Å². The summed E-state index contributed by atoms with van der Waals surface area (Å²) in [5, 5.41) is 0. The van der Waals surface area contributed by atoms with Crippen LogP contribution in [0.25, 0.3) is 6.08 Å². The SMILES string of the molecule is COC(=O)C1=C(C)N=c2sc(=Cc3ccc4c(c3)OCO4)c(=O)n2C1c1ccc(OC(C)C)c(OC)c1. The molecule has 0 bridgehead atoms. The molecule has 3 aromatic rings. The van der Waals surface area contributed by atoms with Gasteiger partial charge < -0.3 is 23.7 Å². The Hall–Kier alpha value is -4.05. The van der Waals surface area contributed by atoms with Crippen LogP contribution in [0.3, 0.4) is 0 Å². The molecule has 2 aliphatic rings. The van der Waals surface area contributed by atoms with E-state index >= 15 is 0 Å². The molecule has 37 heavy (non-hydrogen) atoms. The van der Waals surface area contributed by atoms with Gasteiger partial charge in [0.15, 0.2) is 27.8 Å². The van der Waals surface area contributed by atoms with Crippen molar-refractivity contribution in [2.24, 2.45) is 4.99 Å². The third-order valence-corrected chi connectivity index (χ3v) is 6.97. The van der Waals surface area contributed by atoms with Gasteiger partial charge in [0.05, 0.1) is 42.2 Å². The molecule has 10 heteroatoms. The minimum Gasteiger partial charge on any atom is -0.493 e. The first-order chi connectivity index (χ1) is 17.8. The lowest BCUT2D eigenvalue weighted by Gasteiger charge is -2.25. The van der Waals surface area contributed by atoms with Gasteiger partial charge in [0.1, 0.15) is 0 Å². The Morgan fingerprint density at radius 3 is 2.65 bits per heavy atom. The number of carbonyl (C=O) groups excluding carboxylic acids is 1. The number of esters is 1. The van der Waals surface area contributed by atoms with Crippen LogP contribution in [-0.2, 0) is 9.53 Å². The van der Waals surface area contributed by atoms with E-state index in [4.69, 9.17) is 23.7 Å². The maximum absolute atomic E-state index is 13.8. The van der Waals surface area contributed by atoms with Crippen LogP contribution in [0.4, 0.5) is 0 Å². The van der Waals surface area contributed by atoms with Gasteiger partial charge in [-0.25, -0.2) is 9.79 Å². The van der Waals surface area contributed by atoms with Crippen molar-refractivity contribution in [2.45, 2.75) is 32.9 Å². The molecule has 2 aliphatic heterocycles. The molecule has 0 radical (unpaired) electrons. The molecule has 1 aromatic heterocycles. The van der Waals surface area contributed by atoms with Gasteiger partial charge in [-0.05, 0) is 62.2 Å². The molecule has 5 rings (SSSR count). The van der Waals surface area contributed by atoms with Gasteiger partial charge in [-0.1, -0.05) is 23.5 Å². The Morgan fingerprint density at radius 2 is 1.92 bits per heavy atom. The summed E-state index contributed by atoms with van der Waals surface area (Å²) < 4.78 is 29.3. The van der Waals surface area contributed by atoms with Gasteiger partial charge in [0.25, 0.3) is 5.56 Å². The predicted octanol–water partition coefficient (Wildman–Crippen LogP) is 2.93. The summed E-state index contributed by atoms with van der Waals surface area (Å²) in [4.78, 5) is 31.7. The highest BCUT2D eigenvalue weighted by atomic mass is 32.1. The van der Waals surface area contributed by atoms with Crippen LogP contribution in [0.1, 0.15) is 37.9 Å². The van der Waals surface area contributed by atoms with Crippen molar-refractivity contribution in [1.29, 1.82) is 0 Å². The number of hydrogen-bond acceptors (Lipinski definition) is 9. The van der Waals surface area contributed by atoms with Crippen LogP contribution >= 0.6 is 11.3 Å². The maximum atomic E-state index is 13.8. The average molecular weight is 523 g/mol. The quantitative estimate of drug-likeness (QED) is 0.459. The van der Waals surface area contributed by atoms with Crippen molar-refractivity contribution in [3.63, 3.8) is 0 Å². The van der Waals surface area contributed by atoms with Crippen molar-refractivity contribution in [3.8, 4) is 23.0 Å². The second kappa shape index (κ2) is 9.78. The lowest BCUT2D eigenvalue weighted by molar-refractivity contribution is -0.136. The summed E-state index contributed by atoms with van der Waals surface area (Å²) in [5.74, 6) is 1.79. The summed E-state index contributed by atoms with van der Waals surface area (Å²) in [6.07, 6.45) is 1.72. The standard InChI is InChI=1S/C27H26N2O7S/c1-14(2)36-19-9-7-17(12-20(19)32-4)24-23(26(31)33-5)15(3)28-27-29(24)25(30)22(37-27)11-16-6-8-18-21(10-16)35-13-34-18/h6-12,14,24H,13H2,1-5H3. The number of methoxy groups -OCH3 is 2. The molecule has 9 nitrogen and oxygen atoms in total. The Kier molecular flexibility index (Phi) is 6.51. The van der Waals surface area contributed by atoms with E-state index in [0.717, 1.165) is 5.56 Å². The van der Waals surface area contributed by atoms with E-state index in [0.29, 0.717) is 43.6 Å². The zero-order chi connectivity index (χ0) is 26.3. The second-order valence-electron chi connectivity index (χ2n) is 8.76. The van der Waals surface area contributed by atoms with Crippen LogP contribution in [0.5, 0.6) is 23.0 Å². The first kappa shape index (κ1) is 24.6. The van der Waals surface area contributed by atoms with Crippen LogP contribution < -0.4 is 33.8 Å². The second-order valence-corrected chi connectivity index (χ2v) is 9.77. The molecule has 0 saturated heterocycles. The molecule has 1 unspecified atom stereocenters. The third kappa shape index (κ3) is 4.48. The minimum atomic E-state index is -0.760. The van der Waals surface area contributed by atoms with Crippen molar-refractivity contribution < 1.29 is 28.5 Å². The molecule has 0 saturated carbocycles. The third-order valence-electron chi connectivity index (χ3n) is 5.99. The Labute approximate surface area is 216 Å². The normalized spacial score (nSPS) is 16.5. The number of nitrogens with zero attached hydrogens (tertiary/aromatic N) is 2. The topological polar surface area (TPSA) is 97.6 Å². The molecule has 0 spiro atoms. The highest BCUT2D eigenvalue weighted by Gasteiger charge is 2.33. The van der Waals surface area contributed by atoms with Crippen molar-refractivity contribution in [3.05, 3.63) is 78.5 Å². The monoisotopic (exact) mass is 522 g/mol. The summed E-state index contributed by atoms with van der Waals surface area (Å²) in [5.41, 5.74) is 1.94. The Bertz CT molecular complexity index is 1600. The molecular formula is C27H26N2O7S. The number of ether oxygens (including phenoxy) is 5. The summed E-state index contributed by atoms with van der Waals surface area (Å²) >= 11 is 1.25. The minimum absolute atomic E-state index is 0.0543. The predicted molar refractivity (Wildman–Crippen MR) is 137 cm³/mol. The van der Waals surface area contributed by atoms with E-state index in [1.165, 1.54) is 23.0 Å². The highest BCUT2D eigenvalue weighted by molar-refractivity contribution is 7.07. The van der Waals surface area contributed by atoms with Gasteiger partial charge in [-0.2, -0.15) is 0 Å². The van der Waals surface area contributed by atoms with E-state index in [2.05, 4.69) is 4.99 Å². The highest BCUT2D eigenvalue weighted by Crippen LogP contribution is 2.36. The fourth-order valence-corrected chi connectivity index (χ4v) is 5.41. The fraction of sp³-hybridized carbons (Fsp3) is 0.296. The molecule has 1 atom stereocenters. The van der Waals surface area contributed by atoms with Crippen molar-refractivity contribution >= 4 is 23.4 Å². The number of fused-ring (bicyclic) bond motifs is 2. The first-order valence-electron chi connectivity index (χ1n) is 11.7. The number of aromatic nitrogens is 1. The lowest BCUT2D eigenvalue weighted by Crippen LogP contribution is -2.39. The Morgan fingerprint density at radius 1 is 1.14 bits per heavy atom. The maximum Gasteiger partial charge on any atom is 0.338 e. The van der Waals surface area contributed by atoms with Crippen LogP contribution in [-0.4, -0.2) is 37.7 Å². The van der Waals surface area contributed by atoms with Gasteiger partial charge in [0.2, 0.25) is 6.79 Å². The number of carbonyl (C=O) groups is 1. The number of benzene rings is 2. The molecule has 0 fully saturated rings. The first-order valence-corrected chi connectivity index (χ1v) is 12.5. The summed E-state index contributed by atoms with van der Waals surface area (Å²) in [6.45, 7) is 5.75. The largest absolute Gasteiger partial charge is 0.493 e. The number of hydrogen-bond donors (Lipinski definition) is 0. The average Bonchev–Trinajstić information content (AvgIpc) is 3.46. The van der Waals surface area contributed by atoms with Crippen molar-refractivity contribution in [2.75, 3.05) is 21.0 Å². The molecule has 192 valence electrons. The molecule has 2 aromatic carbocycles. The van der Waals surface area contributed by atoms with Crippen molar-refractivity contribution in [1.82, 2.24) is 4.57 Å². The molecule has 3 heterocycles. The van der Waals surface area contributed by atoms with E-state index in [9.17, 15) is 9.59 Å². The van der Waals surface area contributed by atoms with Crippen LogP contribution in [0.2, 0.25) is 0 Å². The number of rotatable bonds is 6. The van der Waals surface area contributed by atoms with Gasteiger partial charge in [-0.15, -0.1) is 0 Å². The number of allylic oxidation sites excluding steroid dienone is 1. The van der Waals surface area contributed by atoms with Gasteiger partial charge in [-0.3, -0.25) is 9.36 Å². The zero-order valence-electron chi connectivity index (χ0n) is 21.1. The fourth-order valence-electron chi connectivity index (χ4n) is 4.37. The van der Waals surface area contributed by atoms with Gasteiger partial charge >= 0.3 is 5.97 Å². The van der Waals surface area contributed by atoms with Gasteiger partial charge in [0, 0.05) is 0 Å². The molecule has 0 N–H and O–H groups in total. The van der Waals surface area contributed by atoms with E-state index in [-0.39, 0.29) is 24.0 Å². The molecule has 0 amide bonds. The van der Waals surface area contributed by atoms with E-state index < -0.39 is 12.0 Å². The van der Waals surface area contributed by atoms with E-state index in [1.807, 2.05) is 32.0 Å². The molecular weight excluding hydrogens is 496 g/mol. The smallest absolute Gasteiger partial charge is 0.338 e. The zero-order valence-corrected chi connectivity index (χ0v) is 21.9. The molecule has 0 aliphatic carbocycles.